The summed E-state index contributed by atoms with van der Waals surface area (Å²) in [5.74, 6) is 1.19. The van der Waals surface area contributed by atoms with E-state index in [1.54, 1.807) is 0 Å². The zero-order chi connectivity index (χ0) is 9.68. The van der Waals surface area contributed by atoms with Crippen LogP contribution in [0, 0.1) is 18.8 Å². The second kappa shape index (κ2) is 8.01. The fourth-order valence-electron chi connectivity index (χ4n) is 2.06. The number of unbranched alkanes of at least 4 members (excludes halogenated alkanes) is 1. The van der Waals surface area contributed by atoms with E-state index in [0.717, 1.165) is 25.7 Å². The Morgan fingerprint density at radius 2 is 2.07 bits per heavy atom. The summed E-state index contributed by atoms with van der Waals surface area (Å²) >= 11 is 0. The number of hydrogen-bond acceptors (Lipinski definition) is 1. The molecule has 0 saturated heterocycles. The Morgan fingerprint density at radius 3 is 2.57 bits per heavy atom. The predicted octanol–water partition coefficient (Wildman–Crippen LogP) is 2.95. The minimum atomic E-state index is -0.0498. The van der Waals surface area contributed by atoms with Gasteiger partial charge in [0, 0.05) is 0 Å². The molecule has 1 saturated carbocycles. The SMILES string of the molecule is [CH2-]CC/C=C/CC1CCC(O)C1C.[Y+3]. The maximum absolute atomic E-state index is 9.54. The average molecular weight is 270 g/mol. The van der Waals surface area contributed by atoms with E-state index in [4.69, 9.17) is 0 Å². The monoisotopic (exact) mass is 270 g/mol. The van der Waals surface area contributed by atoms with Crippen LogP contribution in [0.3, 0.4) is 0 Å². The number of aliphatic hydroxyl groups excluding tert-OH is 1. The third-order valence-corrected chi connectivity index (χ3v) is 3.16. The van der Waals surface area contributed by atoms with Crippen LogP contribution in [0.5, 0.6) is 0 Å². The Labute approximate surface area is 113 Å². The molecule has 0 aromatic rings. The molecule has 1 aliphatic rings. The summed E-state index contributed by atoms with van der Waals surface area (Å²) < 4.78 is 0. The van der Waals surface area contributed by atoms with Crippen molar-refractivity contribution in [2.24, 2.45) is 11.8 Å². The summed E-state index contributed by atoms with van der Waals surface area (Å²) in [6, 6.07) is 0. The van der Waals surface area contributed by atoms with Gasteiger partial charge in [-0.1, -0.05) is 25.5 Å². The van der Waals surface area contributed by atoms with E-state index in [-0.39, 0.29) is 38.8 Å². The van der Waals surface area contributed by atoms with Gasteiger partial charge in [-0.05, 0) is 31.1 Å². The van der Waals surface area contributed by atoms with E-state index in [1.165, 1.54) is 6.42 Å². The van der Waals surface area contributed by atoms with Crippen molar-refractivity contribution in [1.82, 2.24) is 0 Å². The van der Waals surface area contributed by atoms with Crippen LogP contribution >= 0.6 is 0 Å². The van der Waals surface area contributed by atoms with Crippen molar-refractivity contribution in [3.8, 4) is 0 Å². The van der Waals surface area contributed by atoms with Crippen molar-refractivity contribution in [3.63, 3.8) is 0 Å². The molecule has 0 radical (unpaired) electrons. The van der Waals surface area contributed by atoms with Crippen molar-refractivity contribution in [1.29, 1.82) is 0 Å². The fraction of sp³-hybridized carbons (Fsp3) is 0.750. The summed E-state index contributed by atoms with van der Waals surface area (Å²) in [6.07, 6.45) is 9.81. The van der Waals surface area contributed by atoms with Crippen molar-refractivity contribution < 1.29 is 37.8 Å². The third-order valence-electron chi connectivity index (χ3n) is 3.16. The van der Waals surface area contributed by atoms with Gasteiger partial charge in [0.05, 0.1) is 6.10 Å². The summed E-state index contributed by atoms with van der Waals surface area (Å²) in [5.41, 5.74) is 0. The second-order valence-corrected chi connectivity index (χ2v) is 4.11. The molecule has 3 unspecified atom stereocenters. The molecule has 1 rings (SSSR count). The van der Waals surface area contributed by atoms with Crippen LogP contribution in [0.1, 0.15) is 39.0 Å². The van der Waals surface area contributed by atoms with E-state index in [1.807, 2.05) is 0 Å². The van der Waals surface area contributed by atoms with Crippen LogP contribution in [0.25, 0.3) is 0 Å². The van der Waals surface area contributed by atoms with Crippen LogP contribution in [0.2, 0.25) is 0 Å². The Morgan fingerprint density at radius 1 is 1.36 bits per heavy atom. The van der Waals surface area contributed by atoms with E-state index < -0.39 is 0 Å². The van der Waals surface area contributed by atoms with Crippen molar-refractivity contribution in [3.05, 3.63) is 19.1 Å². The molecule has 1 aliphatic carbocycles. The molecule has 14 heavy (non-hydrogen) atoms. The topological polar surface area (TPSA) is 20.2 Å². The molecule has 1 N–H and O–H groups in total. The zero-order valence-electron chi connectivity index (χ0n) is 9.15. The molecule has 0 spiro atoms. The Bertz CT molecular complexity index is 168. The molecule has 0 bridgehead atoms. The molecule has 0 aliphatic heterocycles. The Kier molecular flexibility index (Phi) is 8.47. The van der Waals surface area contributed by atoms with Gasteiger partial charge in [-0.2, -0.15) is 6.42 Å². The first kappa shape index (κ1) is 14.8. The first-order valence-electron chi connectivity index (χ1n) is 5.38. The molecular formula is C12H21OY+2. The third kappa shape index (κ3) is 4.55. The zero-order valence-corrected chi connectivity index (χ0v) is 12.0. The first-order valence-corrected chi connectivity index (χ1v) is 5.38. The predicted molar refractivity (Wildman–Crippen MR) is 56.2 cm³/mol. The maximum Gasteiger partial charge on any atom is 3.00 e. The molecule has 76 valence electrons. The van der Waals surface area contributed by atoms with E-state index in [0.29, 0.717) is 11.8 Å². The summed E-state index contributed by atoms with van der Waals surface area (Å²) in [6.45, 7) is 5.96. The molecule has 2 heteroatoms. The van der Waals surface area contributed by atoms with Gasteiger partial charge in [0.2, 0.25) is 0 Å². The normalized spacial score (nSPS) is 32.1. The molecule has 0 heterocycles. The van der Waals surface area contributed by atoms with Gasteiger partial charge in [-0.25, -0.2) is 0 Å². The van der Waals surface area contributed by atoms with Gasteiger partial charge in [-0.15, -0.1) is 0 Å². The van der Waals surface area contributed by atoms with E-state index in [2.05, 4.69) is 26.0 Å². The minimum Gasteiger partial charge on any atom is -0.393 e. The van der Waals surface area contributed by atoms with Crippen molar-refractivity contribution in [2.75, 3.05) is 0 Å². The minimum absolute atomic E-state index is 0. The van der Waals surface area contributed by atoms with Gasteiger partial charge in [0.1, 0.15) is 0 Å². The van der Waals surface area contributed by atoms with Gasteiger partial charge in [0.25, 0.3) is 0 Å². The second-order valence-electron chi connectivity index (χ2n) is 4.11. The average Bonchev–Trinajstić information content (AvgIpc) is 2.43. The molecule has 1 nitrogen and oxygen atoms in total. The number of rotatable bonds is 4. The van der Waals surface area contributed by atoms with Crippen LogP contribution in [-0.2, 0) is 32.7 Å². The van der Waals surface area contributed by atoms with E-state index in [9.17, 15) is 5.11 Å². The van der Waals surface area contributed by atoms with Gasteiger partial charge in [0.15, 0.2) is 0 Å². The molecular weight excluding hydrogens is 249 g/mol. The van der Waals surface area contributed by atoms with E-state index >= 15 is 0 Å². The first-order chi connectivity index (χ1) is 6.25. The molecule has 0 amide bonds. The van der Waals surface area contributed by atoms with Gasteiger partial charge < -0.3 is 12.0 Å². The molecule has 3 atom stereocenters. The smallest absolute Gasteiger partial charge is 0.393 e. The quantitative estimate of drug-likeness (QED) is 0.615. The largest absolute Gasteiger partial charge is 3.00 e. The van der Waals surface area contributed by atoms with Crippen LogP contribution in [-0.4, -0.2) is 11.2 Å². The van der Waals surface area contributed by atoms with Crippen LogP contribution < -0.4 is 0 Å². The summed E-state index contributed by atoms with van der Waals surface area (Å²) in [7, 11) is 0. The molecule has 1 fully saturated rings. The van der Waals surface area contributed by atoms with Gasteiger partial charge in [-0.3, -0.25) is 0 Å². The Balaban J connectivity index is 0.00000169. The number of hydrogen-bond donors (Lipinski definition) is 1. The van der Waals surface area contributed by atoms with Crippen molar-refractivity contribution >= 4 is 0 Å². The standard InChI is InChI=1S/C12H21O.Y/c1-3-4-5-6-7-11-8-9-12(13)10(11)2;/h5-6,10-13H,1,3-4,7-9H2,2H3;/q-1;+3/b6-5+;. The van der Waals surface area contributed by atoms with Gasteiger partial charge >= 0.3 is 32.7 Å². The Hall–Kier alpha value is 0.804. The number of allylic oxidation sites excluding steroid dienone is 2. The fourth-order valence-corrected chi connectivity index (χ4v) is 2.06. The molecule has 0 aromatic carbocycles. The maximum atomic E-state index is 9.54. The summed E-state index contributed by atoms with van der Waals surface area (Å²) in [4.78, 5) is 0. The number of aliphatic hydroxyl groups is 1. The van der Waals surface area contributed by atoms with Crippen molar-refractivity contribution in [2.45, 2.75) is 45.1 Å². The van der Waals surface area contributed by atoms with Crippen LogP contribution in [0.4, 0.5) is 0 Å². The summed E-state index contributed by atoms with van der Waals surface area (Å²) in [5, 5.41) is 9.54. The molecule has 0 aromatic heterocycles. The van der Waals surface area contributed by atoms with Crippen LogP contribution in [0.15, 0.2) is 12.2 Å².